The highest BCUT2D eigenvalue weighted by Crippen LogP contribution is 2.12. The molecule has 0 atom stereocenters. The topological polar surface area (TPSA) is 33.4 Å². The van der Waals surface area contributed by atoms with Gasteiger partial charge in [-0.1, -0.05) is 58.2 Å². The van der Waals surface area contributed by atoms with Crippen molar-refractivity contribution in [3.8, 4) is 0 Å². The van der Waals surface area contributed by atoms with Gasteiger partial charge < -0.3 is 9.52 Å². The second-order valence-electron chi connectivity index (χ2n) is 6.87. The Hall–Kier alpha value is -0.543. The van der Waals surface area contributed by atoms with Gasteiger partial charge in [-0.3, -0.25) is 0 Å². The number of furan rings is 1. The maximum Gasteiger partial charge on any atom is 0.123 e. The van der Waals surface area contributed by atoms with E-state index in [2.05, 4.69) is 25.7 Å². The zero-order chi connectivity index (χ0) is 14.8. The highest BCUT2D eigenvalue weighted by molar-refractivity contribution is 6.87. The van der Waals surface area contributed by atoms with E-state index in [0.29, 0.717) is 6.61 Å². The quantitative estimate of drug-likeness (QED) is 0.482. The lowest BCUT2D eigenvalue weighted by atomic mass is 10.1. The van der Waals surface area contributed by atoms with Crippen molar-refractivity contribution in [2.24, 2.45) is 0 Å². The van der Waals surface area contributed by atoms with Crippen LogP contribution in [0.3, 0.4) is 0 Å². The van der Waals surface area contributed by atoms with Gasteiger partial charge >= 0.3 is 0 Å². The first-order valence-corrected chi connectivity index (χ1v) is 11.7. The third-order valence-electron chi connectivity index (χ3n) is 3.77. The molecular formula is C17H32O2Si. The molecule has 3 heteroatoms. The summed E-state index contributed by atoms with van der Waals surface area (Å²) < 4.78 is 5.70. The Kier molecular flexibility index (Phi) is 8.23. The van der Waals surface area contributed by atoms with Gasteiger partial charge in [-0.15, -0.1) is 0 Å². The van der Waals surface area contributed by atoms with Crippen molar-refractivity contribution in [1.82, 2.24) is 0 Å². The minimum Gasteiger partial charge on any atom is -0.474 e. The van der Waals surface area contributed by atoms with Crippen LogP contribution >= 0.6 is 0 Å². The lowest BCUT2D eigenvalue weighted by molar-refractivity contribution is 0.282. The predicted octanol–water partition coefficient (Wildman–Crippen LogP) is 4.48. The van der Waals surface area contributed by atoms with E-state index >= 15 is 0 Å². The first-order chi connectivity index (χ1) is 9.54. The van der Waals surface area contributed by atoms with Crippen LogP contribution in [0.1, 0.15) is 56.9 Å². The van der Waals surface area contributed by atoms with Gasteiger partial charge in [0, 0.05) is 6.61 Å². The largest absolute Gasteiger partial charge is 0.474 e. The van der Waals surface area contributed by atoms with Crippen LogP contribution in [0.2, 0.25) is 19.6 Å². The van der Waals surface area contributed by atoms with E-state index in [1.54, 1.807) is 0 Å². The molecule has 0 aliphatic rings. The number of hydrogen-bond donors (Lipinski definition) is 1. The molecule has 116 valence electrons. The fourth-order valence-electron chi connectivity index (χ4n) is 2.40. The van der Waals surface area contributed by atoms with Crippen LogP contribution in [-0.4, -0.2) is 19.8 Å². The normalized spacial score (nSPS) is 12.0. The molecule has 0 aromatic carbocycles. The lowest BCUT2D eigenvalue weighted by Crippen LogP contribution is -2.36. The molecule has 0 saturated heterocycles. The van der Waals surface area contributed by atoms with Crippen LogP contribution in [-0.2, 0) is 6.42 Å². The van der Waals surface area contributed by atoms with Gasteiger partial charge in [0.2, 0.25) is 0 Å². The molecule has 0 bridgehead atoms. The Morgan fingerprint density at radius 3 is 1.95 bits per heavy atom. The van der Waals surface area contributed by atoms with Gasteiger partial charge in [-0.2, -0.15) is 0 Å². The Morgan fingerprint density at radius 1 is 0.900 bits per heavy atom. The molecule has 0 aliphatic heterocycles. The van der Waals surface area contributed by atoms with E-state index < -0.39 is 8.07 Å². The summed E-state index contributed by atoms with van der Waals surface area (Å²) in [5, 5.41) is 9.93. The Labute approximate surface area is 125 Å². The molecule has 0 spiro atoms. The highest BCUT2D eigenvalue weighted by atomic mass is 28.3. The fourth-order valence-corrected chi connectivity index (χ4v) is 3.43. The maximum absolute atomic E-state index is 8.69. The Balaban J connectivity index is 2.03. The van der Waals surface area contributed by atoms with Crippen molar-refractivity contribution < 1.29 is 9.52 Å². The Morgan fingerprint density at radius 2 is 1.45 bits per heavy atom. The summed E-state index contributed by atoms with van der Waals surface area (Å²) >= 11 is 0. The lowest BCUT2D eigenvalue weighted by Gasteiger charge is -2.10. The Bertz CT molecular complexity index is 352. The van der Waals surface area contributed by atoms with Gasteiger partial charge in [0.1, 0.15) is 8.07 Å². The van der Waals surface area contributed by atoms with E-state index in [9.17, 15) is 0 Å². The summed E-state index contributed by atoms with van der Waals surface area (Å²) in [6, 6.07) is 2.28. The molecule has 1 heterocycles. The summed E-state index contributed by atoms with van der Waals surface area (Å²) in [5.74, 6) is 0. The number of aliphatic hydroxyl groups is 1. The van der Waals surface area contributed by atoms with Gasteiger partial charge in [0.15, 0.2) is 0 Å². The number of aryl methyl sites for hydroxylation is 1. The molecule has 0 unspecified atom stereocenters. The van der Waals surface area contributed by atoms with Crippen LogP contribution in [0.5, 0.6) is 0 Å². The molecule has 0 radical (unpaired) electrons. The molecule has 20 heavy (non-hydrogen) atoms. The molecule has 2 nitrogen and oxygen atoms in total. The number of rotatable bonds is 11. The van der Waals surface area contributed by atoms with Crippen molar-refractivity contribution >= 4 is 13.5 Å². The van der Waals surface area contributed by atoms with Crippen molar-refractivity contribution in [2.45, 2.75) is 77.4 Å². The average Bonchev–Trinajstić information content (AvgIpc) is 2.85. The van der Waals surface area contributed by atoms with Crippen molar-refractivity contribution in [3.05, 3.63) is 17.9 Å². The molecule has 0 saturated carbocycles. The van der Waals surface area contributed by atoms with Crippen LogP contribution in [0.4, 0.5) is 0 Å². The fraction of sp³-hybridized carbons (Fsp3) is 0.765. The minimum absolute atomic E-state index is 0.351. The second kappa shape index (κ2) is 9.40. The van der Waals surface area contributed by atoms with Crippen LogP contribution in [0.25, 0.3) is 0 Å². The SMILES string of the molecule is C[Si](C)(C)c1cc(CCCCCCCCCCO)co1. The second-order valence-corrected chi connectivity index (χ2v) is 11.9. The van der Waals surface area contributed by atoms with Crippen LogP contribution in [0.15, 0.2) is 16.7 Å². The molecule has 1 aromatic rings. The molecule has 1 aromatic heterocycles. The van der Waals surface area contributed by atoms with Crippen LogP contribution in [0, 0.1) is 0 Å². The zero-order valence-electron chi connectivity index (χ0n) is 13.6. The maximum atomic E-state index is 8.69. The molecule has 0 aliphatic carbocycles. The molecular weight excluding hydrogens is 264 g/mol. The predicted molar refractivity (Wildman–Crippen MR) is 89.4 cm³/mol. The smallest absolute Gasteiger partial charge is 0.123 e. The zero-order valence-corrected chi connectivity index (χ0v) is 14.6. The van der Waals surface area contributed by atoms with Gasteiger partial charge in [0.25, 0.3) is 0 Å². The van der Waals surface area contributed by atoms with Gasteiger partial charge in [-0.05, 0) is 30.9 Å². The number of hydrogen-bond acceptors (Lipinski definition) is 2. The summed E-state index contributed by atoms with van der Waals surface area (Å²) in [5.41, 5.74) is 1.38. The summed E-state index contributed by atoms with van der Waals surface area (Å²) in [7, 11) is -1.27. The average molecular weight is 297 g/mol. The van der Waals surface area contributed by atoms with Gasteiger partial charge in [0.05, 0.1) is 11.6 Å². The number of unbranched alkanes of at least 4 members (excludes halogenated alkanes) is 7. The van der Waals surface area contributed by atoms with E-state index in [4.69, 9.17) is 9.52 Å². The molecule has 0 amide bonds. The van der Waals surface area contributed by atoms with E-state index in [1.165, 1.54) is 62.3 Å². The molecule has 0 fully saturated rings. The minimum atomic E-state index is -1.27. The molecule has 1 rings (SSSR count). The summed E-state index contributed by atoms with van der Waals surface area (Å²) in [4.78, 5) is 0. The number of aliphatic hydroxyl groups excluding tert-OH is 1. The third-order valence-corrected chi connectivity index (χ3v) is 5.51. The van der Waals surface area contributed by atoms with Crippen molar-refractivity contribution in [1.29, 1.82) is 0 Å². The third kappa shape index (κ3) is 7.30. The van der Waals surface area contributed by atoms with E-state index in [-0.39, 0.29) is 0 Å². The van der Waals surface area contributed by atoms with Crippen molar-refractivity contribution in [3.63, 3.8) is 0 Å². The van der Waals surface area contributed by atoms with Crippen LogP contribution < -0.4 is 5.38 Å². The van der Waals surface area contributed by atoms with Gasteiger partial charge in [-0.25, -0.2) is 0 Å². The van der Waals surface area contributed by atoms with E-state index in [0.717, 1.165) is 6.42 Å². The monoisotopic (exact) mass is 296 g/mol. The summed E-state index contributed by atoms with van der Waals surface area (Å²) in [6.45, 7) is 7.33. The summed E-state index contributed by atoms with van der Waals surface area (Å²) in [6.07, 6.45) is 13.2. The van der Waals surface area contributed by atoms with Crippen molar-refractivity contribution in [2.75, 3.05) is 6.61 Å². The standard InChI is InChI=1S/C17H32O2Si/c1-20(2,3)17-14-16(15-19-17)12-10-8-6-4-5-7-9-11-13-18/h14-15,18H,4-13H2,1-3H3. The molecule has 1 N–H and O–H groups in total. The first kappa shape index (κ1) is 17.5. The highest BCUT2D eigenvalue weighted by Gasteiger charge is 2.20. The first-order valence-electron chi connectivity index (χ1n) is 8.23. The van der Waals surface area contributed by atoms with E-state index in [1.807, 2.05) is 6.26 Å².